The van der Waals surface area contributed by atoms with Gasteiger partial charge < -0.3 is 10.0 Å². The molecule has 1 aliphatic carbocycles. The monoisotopic (exact) mass is 487 g/mol. The quantitative estimate of drug-likeness (QED) is 0.475. The van der Waals surface area contributed by atoms with Crippen LogP contribution in [0.2, 0.25) is 0 Å². The Morgan fingerprint density at radius 3 is 2.18 bits per heavy atom. The number of carboxylic acid groups (broad SMARTS) is 1. The highest BCUT2D eigenvalue weighted by Crippen LogP contribution is 2.37. The minimum atomic E-state index is -4.66. The molecule has 2 aromatic carbocycles. The number of benzene rings is 2. The maximum absolute atomic E-state index is 13.4. The van der Waals surface area contributed by atoms with Gasteiger partial charge in [0.15, 0.2) is 0 Å². The number of carboxylic acids is 1. The first-order valence-corrected chi connectivity index (χ1v) is 10.7. The zero-order chi connectivity index (χ0) is 25.3. The predicted octanol–water partition coefficient (Wildman–Crippen LogP) is 5.86. The van der Waals surface area contributed by atoms with Gasteiger partial charge in [0, 0.05) is 19.0 Å². The Balaban J connectivity index is 2.11. The van der Waals surface area contributed by atoms with Gasteiger partial charge in [-0.1, -0.05) is 24.3 Å². The molecule has 1 amide bonds. The summed E-state index contributed by atoms with van der Waals surface area (Å²) in [6, 6.07) is 6.56. The van der Waals surface area contributed by atoms with Crippen molar-refractivity contribution in [3.63, 3.8) is 0 Å². The van der Waals surface area contributed by atoms with Crippen molar-refractivity contribution < 1.29 is 41.0 Å². The lowest BCUT2D eigenvalue weighted by Crippen LogP contribution is -2.31. The zero-order valence-electron chi connectivity index (χ0n) is 18.3. The largest absolute Gasteiger partial charge is 0.481 e. The lowest BCUT2D eigenvalue weighted by molar-refractivity contribution is -0.138. The molecule has 0 radical (unpaired) electrons. The minimum Gasteiger partial charge on any atom is -0.481 e. The Labute approximate surface area is 192 Å². The number of carbonyl (C=O) groups is 2. The van der Waals surface area contributed by atoms with E-state index >= 15 is 0 Å². The molecule has 1 N–H and O–H groups in total. The molecular formula is C24H23F6NO3. The third-order valence-corrected chi connectivity index (χ3v) is 5.54. The third-order valence-electron chi connectivity index (χ3n) is 5.54. The summed E-state index contributed by atoms with van der Waals surface area (Å²) in [5.41, 5.74) is -0.554. The number of nitrogens with zero attached hydrogens (tertiary/aromatic N) is 1. The number of hydrogen-bond acceptors (Lipinski definition) is 2. The number of rotatable bonds is 8. The first-order valence-electron chi connectivity index (χ1n) is 10.7. The average molecular weight is 487 g/mol. The molecule has 0 aromatic heterocycles. The lowest BCUT2D eigenvalue weighted by atomic mass is 9.92. The van der Waals surface area contributed by atoms with Gasteiger partial charge in [-0.2, -0.15) is 26.3 Å². The van der Waals surface area contributed by atoms with E-state index in [1.807, 2.05) is 0 Å². The molecule has 0 atom stereocenters. The number of alkyl halides is 6. The van der Waals surface area contributed by atoms with Crippen LogP contribution in [0.15, 0.2) is 36.4 Å². The fourth-order valence-electron chi connectivity index (χ4n) is 3.85. The van der Waals surface area contributed by atoms with E-state index in [0.29, 0.717) is 12.8 Å². The van der Waals surface area contributed by atoms with Gasteiger partial charge in [-0.25, -0.2) is 0 Å². The third kappa shape index (κ3) is 6.74. The second-order valence-electron chi connectivity index (χ2n) is 8.40. The van der Waals surface area contributed by atoms with Crippen LogP contribution in [-0.4, -0.2) is 34.6 Å². The minimum absolute atomic E-state index is 0.0940. The highest BCUT2D eigenvalue weighted by atomic mass is 19.4. The maximum Gasteiger partial charge on any atom is 0.416 e. The molecule has 184 valence electrons. The van der Waals surface area contributed by atoms with E-state index in [1.54, 1.807) is 6.92 Å². The van der Waals surface area contributed by atoms with Gasteiger partial charge in [-0.3, -0.25) is 9.59 Å². The van der Waals surface area contributed by atoms with Gasteiger partial charge in [0.2, 0.25) is 5.91 Å². The average Bonchev–Trinajstić information content (AvgIpc) is 3.54. The normalized spacial score (nSPS) is 14.2. The molecular weight excluding hydrogens is 464 g/mol. The molecule has 0 bridgehead atoms. The van der Waals surface area contributed by atoms with Crippen molar-refractivity contribution in [2.45, 2.75) is 51.5 Å². The molecule has 1 fully saturated rings. The molecule has 0 saturated heterocycles. The van der Waals surface area contributed by atoms with Crippen LogP contribution in [0.3, 0.4) is 0 Å². The van der Waals surface area contributed by atoms with E-state index in [0.717, 1.165) is 24.3 Å². The van der Waals surface area contributed by atoms with Gasteiger partial charge >= 0.3 is 18.3 Å². The molecule has 1 aliphatic rings. The van der Waals surface area contributed by atoms with Gasteiger partial charge in [-0.05, 0) is 59.7 Å². The van der Waals surface area contributed by atoms with E-state index in [1.165, 1.54) is 17.0 Å². The Morgan fingerprint density at radius 1 is 1.00 bits per heavy atom. The van der Waals surface area contributed by atoms with Crippen molar-refractivity contribution in [3.05, 3.63) is 58.7 Å². The van der Waals surface area contributed by atoms with Crippen molar-refractivity contribution in [2.75, 3.05) is 6.54 Å². The van der Waals surface area contributed by atoms with Crippen molar-refractivity contribution in [2.24, 2.45) is 5.92 Å². The lowest BCUT2D eigenvalue weighted by Gasteiger charge is -2.24. The summed E-state index contributed by atoms with van der Waals surface area (Å²) in [6.07, 6.45) is -9.65. The zero-order valence-corrected chi connectivity index (χ0v) is 18.3. The molecule has 3 rings (SSSR count). The van der Waals surface area contributed by atoms with Gasteiger partial charge in [-0.15, -0.1) is 0 Å². The predicted molar refractivity (Wildman–Crippen MR) is 112 cm³/mol. The Hall–Kier alpha value is -3.04. The second kappa shape index (κ2) is 9.68. The van der Waals surface area contributed by atoms with E-state index in [9.17, 15) is 35.9 Å². The summed E-state index contributed by atoms with van der Waals surface area (Å²) in [5, 5.41) is 9.11. The molecule has 0 unspecified atom stereocenters. The molecule has 0 spiro atoms. The molecule has 1 saturated carbocycles. The van der Waals surface area contributed by atoms with E-state index in [-0.39, 0.29) is 52.7 Å². The van der Waals surface area contributed by atoms with Gasteiger partial charge in [0.05, 0.1) is 18.4 Å². The number of halogens is 6. The summed E-state index contributed by atoms with van der Waals surface area (Å²) in [4.78, 5) is 25.2. The number of carbonyl (C=O) groups excluding carboxylic acids is 1. The Bertz CT molecular complexity index is 1070. The Morgan fingerprint density at radius 2 is 1.65 bits per heavy atom. The van der Waals surface area contributed by atoms with Crippen molar-refractivity contribution in [1.82, 2.24) is 4.90 Å². The van der Waals surface area contributed by atoms with Crippen LogP contribution in [0.25, 0.3) is 11.1 Å². The number of hydrogen-bond donors (Lipinski definition) is 1. The van der Waals surface area contributed by atoms with Gasteiger partial charge in [0.25, 0.3) is 0 Å². The van der Waals surface area contributed by atoms with Crippen LogP contribution in [0, 0.1) is 5.92 Å². The molecule has 34 heavy (non-hydrogen) atoms. The van der Waals surface area contributed by atoms with Crippen molar-refractivity contribution in [3.8, 4) is 11.1 Å². The van der Waals surface area contributed by atoms with Crippen molar-refractivity contribution >= 4 is 11.9 Å². The van der Waals surface area contributed by atoms with E-state index in [4.69, 9.17) is 5.11 Å². The van der Waals surface area contributed by atoms with E-state index in [2.05, 4.69) is 0 Å². The topological polar surface area (TPSA) is 57.6 Å². The first-order chi connectivity index (χ1) is 15.8. The highest BCUT2D eigenvalue weighted by molar-refractivity contribution is 5.81. The molecule has 10 heteroatoms. The number of aliphatic carboxylic acids is 1. The summed E-state index contributed by atoms with van der Waals surface area (Å²) < 4.78 is 79.3. The molecule has 4 nitrogen and oxygen atoms in total. The van der Waals surface area contributed by atoms with Crippen LogP contribution >= 0.6 is 0 Å². The van der Waals surface area contributed by atoms with Crippen LogP contribution in [-0.2, 0) is 35.2 Å². The molecule has 0 heterocycles. The first kappa shape index (κ1) is 25.6. The SMILES string of the molecule is CCN(Cc1cc(C(F)(F)F)ccc1-c1cc(CC(=O)O)cc(CC(F)(F)F)c1)C(=O)C1CC1. The maximum atomic E-state index is 13.4. The number of amides is 1. The smallest absolute Gasteiger partial charge is 0.416 e. The van der Waals surface area contributed by atoms with Gasteiger partial charge in [0.1, 0.15) is 0 Å². The standard InChI is InChI=1S/C24H23F6NO3/c1-2-31(22(34)16-3-4-16)13-18-11-19(24(28,29)30)5-6-20(18)17-8-14(10-21(32)33)7-15(9-17)12-23(25,26)27/h5-9,11,16H,2-4,10,12-13H2,1H3,(H,32,33). The Kier molecular flexibility index (Phi) is 7.28. The fourth-order valence-corrected chi connectivity index (χ4v) is 3.85. The van der Waals surface area contributed by atoms with Crippen LogP contribution in [0.1, 0.15) is 42.0 Å². The van der Waals surface area contributed by atoms with E-state index < -0.39 is 36.7 Å². The fraction of sp³-hybridized carbons (Fsp3) is 0.417. The van der Waals surface area contributed by atoms with Crippen molar-refractivity contribution in [1.29, 1.82) is 0 Å². The van der Waals surface area contributed by atoms with Crippen LogP contribution in [0.4, 0.5) is 26.3 Å². The summed E-state index contributed by atoms with van der Waals surface area (Å²) in [6.45, 7) is 1.80. The highest BCUT2D eigenvalue weighted by Gasteiger charge is 2.35. The second-order valence-corrected chi connectivity index (χ2v) is 8.40. The summed E-state index contributed by atoms with van der Waals surface area (Å²) in [5.74, 6) is -1.59. The summed E-state index contributed by atoms with van der Waals surface area (Å²) in [7, 11) is 0. The van der Waals surface area contributed by atoms with Crippen LogP contribution < -0.4 is 0 Å². The molecule has 2 aromatic rings. The molecule has 0 aliphatic heterocycles. The summed E-state index contributed by atoms with van der Waals surface area (Å²) >= 11 is 0. The van der Waals surface area contributed by atoms with Crippen LogP contribution in [0.5, 0.6) is 0 Å².